The van der Waals surface area contributed by atoms with Gasteiger partial charge in [-0.2, -0.15) is 0 Å². The van der Waals surface area contributed by atoms with E-state index in [-0.39, 0.29) is 31.0 Å². The van der Waals surface area contributed by atoms with E-state index in [0.717, 1.165) is 0 Å². The zero-order valence-corrected chi connectivity index (χ0v) is 10.7. The van der Waals surface area contributed by atoms with E-state index in [4.69, 9.17) is 9.59 Å². The summed E-state index contributed by atoms with van der Waals surface area (Å²) < 4.78 is 0. The molecule has 0 aromatic rings. The first-order valence-corrected chi connectivity index (χ1v) is 3.33. The van der Waals surface area contributed by atoms with Crippen molar-refractivity contribution in [1.82, 2.24) is 0 Å². The van der Waals surface area contributed by atoms with E-state index in [1.807, 2.05) is 13.8 Å². The Hall–Kier alpha value is 0.640. The van der Waals surface area contributed by atoms with Crippen LogP contribution in [0.4, 0.5) is 9.59 Å². The Kier molecular flexibility index (Phi) is 46.0. The minimum atomic E-state index is -0.639. The van der Waals surface area contributed by atoms with E-state index in [2.05, 4.69) is 36.7 Å². The Morgan fingerprint density at radius 2 is 1.09 bits per heavy atom. The molecule has 7 heteroatoms. The maximum absolute atomic E-state index is 9.09. The summed E-state index contributed by atoms with van der Waals surface area (Å²) in [7, 11) is 0. The number of carbonyl (C=O) groups is 2. The zero-order chi connectivity index (χ0) is 9.15. The summed E-state index contributed by atoms with van der Waals surface area (Å²) in [6.45, 7) is 4.00. The molecule has 11 heavy (non-hydrogen) atoms. The molecule has 0 unspecified atom stereocenters. The molecule has 0 radical (unpaired) electrons. The second kappa shape index (κ2) is 22.4. The normalized spacial score (nSPS) is 5.09. The molecular formula is C4H13N2NaO2S2. The molecule has 0 spiro atoms. The predicted octanol–water partition coefficient (Wildman–Crippen LogP) is -1.87. The molecule has 0 heterocycles. The summed E-state index contributed by atoms with van der Waals surface area (Å²) in [6.07, 6.45) is 0. The van der Waals surface area contributed by atoms with E-state index < -0.39 is 10.5 Å². The summed E-state index contributed by atoms with van der Waals surface area (Å²) in [5.74, 6) is 0. The first kappa shape index (κ1) is 22.6. The van der Waals surface area contributed by atoms with Crippen LogP contribution in [0.1, 0.15) is 15.3 Å². The largest absolute Gasteiger partial charge is 1.00 e. The van der Waals surface area contributed by atoms with Crippen molar-refractivity contribution in [2.24, 2.45) is 11.5 Å². The molecule has 4 nitrogen and oxygen atoms in total. The maximum atomic E-state index is 9.09. The minimum Gasteiger partial charge on any atom is -1.00 e. The molecule has 0 atom stereocenters. The van der Waals surface area contributed by atoms with Crippen molar-refractivity contribution in [3.63, 3.8) is 0 Å². The number of hydrogen-bond donors (Lipinski definition) is 4. The predicted molar refractivity (Wildman–Crippen MR) is 49.6 cm³/mol. The Morgan fingerprint density at radius 3 is 1.09 bits per heavy atom. The van der Waals surface area contributed by atoms with Gasteiger partial charge < -0.3 is 12.9 Å². The quantitative estimate of drug-likeness (QED) is 0.278. The molecule has 0 bridgehead atoms. The molecule has 0 saturated heterocycles. The molecule has 0 saturated carbocycles. The fraction of sp³-hybridized carbons (Fsp3) is 0.500. The Balaban J connectivity index is -0.0000000198. The van der Waals surface area contributed by atoms with Gasteiger partial charge in [0.2, 0.25) is 0 Å². The topological polar surface area (TPSA) is 86.2 Å². The second-order valence-electron chi connectivity index (χ2n) is 0.676. The van der Waals surface area contributed by atoms with Gasteiger partial charge in [0.15, 0.2) is 0 Å². The molecule has 0 aliphatic carbocycles. The molecule has 0 aliphatic rings. The zero-order valence-electron chi connectivity index (χ0n) is 7.87. The van der Waals surface area contributed by atoms with Gasteiger partial charge in [0.05, 0.1) is 0 Å². The average Bonchev–Trinajstić information content (AvgIpc) is 1.66. The van der Waals surface area contributed by atoms with Gasteiger partial charge >= 0.3 is 29.6 Å². The van der Waals surface area contributed by atoms with Gasteiger partial charge in [-0.25, -0.2) is 0 Å². The number of thiol groups is 2. The molecule has 0 aromatic heterocycles. The third-order valence-electron chi connectivity index (χ3n) is 0. The van der Waals surface area contributed by atoms with Crippen LogP contribution in [0.5, 0.6) is 0 Å². The third kappa shape index (κ3) is 1940. The average molecular weight is 208 g/mol. The third-order valence-corrected chi connectivity index (χ3v) is 0. The maximum Gasteiger partial charge on any atom is 1.00 e. The van der Waals surface area contributed by atoms with Crippen LogP contribution in [0.25, 0.3) is 0 Å². The molecule has 0 fully saturated rings. The first-order chi connectivity index (χ1) is 4.46. The van der Waals surface area contributed by atoms with Gasteiger partial charge in [-0.3, -0.25) is 9.59 Å². The van der Waals surface area contributed by atoms with Crippen LogP contribution < -0.4 is 41.0 Å². The number of carbonyl (C=O) groups excluding carboxylic acids is 2. The van der Waals surface area contributed by atoms with Crippen molar-refractivity contribution in [3.8, 4) is 0 Å². The molecular weight excluding hydrogens is 195 g/mol. The number of primary amides is 2. The fourth-order valence-electron chi connectivity index (χ4n) is 0. The molecule has 64 valence electrons. The van der Waals surface area contributed by atoms with Gasteiger partial charge in [-0.05, 0) is 0 Å². The standard InChI is InChI=1S/C2H6.2CH3NOS.Na.H/c1-2;2*2-1(3)4;;/h1-2H3;2*(H3,2,3,4);;/q;;;+1;-1. The summed E-state index contributed by atoms with van der Waals surface area (Å²) in [5.41, 5.74) is 8.67. The summed E-state index contributed by atoms with van der Waals surface area (Å²) in [4.78, 5) is 18.2. The van der Waals surface area contributed by atoms with E-state index >= 15 is 0 Å². The summed E-state index contributed by atoms with van der Waals surface area (Å²) in [5, 5.41) is -1.28. The van der Waals surface area contributed by atoms with Gasteiger partial charge in [0.1, 0.15) is 0 Å². The van der Waals surface area contributed by atoms with Crippen molar-refractivity contribution in [1.29, 1.82) is 0 Å². The van der Waals surface area contributed by atoms with E-state index in [1.165, 1.54) is 0 Å². The van der Waals surface area contributed by atoms with Crippen LogP contribution in [0, 0.1) is 0 Å². The molecule has 4 N–H and O–H groups in total. The van der Waals surface area contributed by atoms with Gasteiger partial charge in [0.25, 0.3) is 10.5 Å². The van der Waals surface area contributed by atoms with Crippen molar-refractivity contribution in [2.45, 2.75) is 13.8 Å². The molecule has 0 aromatic carbocycles. The van der Waals surface area contributed by atoms with Crippen molar-refractivity contribution < 1.29 is 40.6 Å². The van der Waals surface area contributed by atoms with E-state index in [0.29, 0.717) is 0 Å². The summed E-state index contributed by atoms with van der Waals surface area (Å²) >= 11 is 6.21. The van der Waals surface area contributed by atoms with Gasteiger partial charge in [0, 0.05) is 0 Å². The van der Waals surface area contributed by atoms with Crippen LogP contribution in [0.2, 0.25) is 0 Å². The smallest absolute Gasteiger partial charge is 1.00 e. The number of nitrogens with two attached hydrogens (primary N) is 2. The van der Waals surface area contributed by atoms with E-state index in [1.54, 1.807) is 0 Å². The van der Waals surface area contributed by atoms with Crippen molar-refractivity contribution in [2.75, 3.05) is 0 Å². The van der Waals surface area contributed by atoms with Gasteiger partial charge in [-0.1, -0.05) is 39.1 Å². The monoisotopic (exact) mass is 208 g/mol. The SMILES string of the molecule is CC.NC(=O)S.NC(=O)S.[H-].[Na+]. The fourth-order valence-corrected chi connectivity index (χ4v) is 0. The Labute approximate surface area is 101 Å². The molecule has 2 amide bonds. The Bertz CT molecular complexity index is 87.1. The second-order valence-corrected chi connectivity index (χ2v) is 1.56. The van der Waals surface area contributed by atoms with Crippen LogP contribution in [-0.2, 0) is 0 Å². The summed E-state index contributed by atoms with van der Waals surface area (Å²) in [6, 6.07) is 0. The Morgan fingerprint density at radius 1 is 1.09 bits per heavy atom. The number of rotatable bonds is 0. The number of hydrogen-bond acceptors (Lipinski definition) is 2. The van der Waals surface area contributed by atoms with Crippen LogP contribution in [-0.4, -0.2) is 10.5 Å². The molecule has 0 aliphatic heterocycles. The van der Waals surface area contributed by atoms with Crippen LogP contribution in [0.15, 0.2) is 0 Å². The number of amides is 2. The minimum absolute atomic E-state index is 0. The van der Waals surface area contributed by atoms with E-state index in [9.17, 15) is 0 Å². The van der Waals surface area contributed by atoms with Crippen LogP contribution >= 0.6 is 25.3 Å². The molecule has 0 rings (SSSR count). The van der Waals surface area contributed by atoms with Crippen molar-refractivity contribution >= 4 is 35.7 Å². The van der Waals surface area contributed by atoms with Crippen LogP contribution in [0.3, 0.4) is 0 Å². The van der Waals surface area contributed by atoms with Crippen molar-refractivity contribution in [3.05, 3.63) is 0 Å². The first-order valence-electron chi connectivity index (χ1n) is 2.43. The van der Waals surface area contributed by atoms with Gasteiger partial charge in [-0.15, -0.1) is 0 Å².